The third kappa shape index (κ3) is 3.85. The van der Waals surface area contributed by atoms with Crippen LogP contribution in [0.3, 0.4) is 0 Å². The van der Waals surface area contributed by atoms with Crippen LogP contribution >= 0.6 is 0 Å². The Kier molecular flexibility index (Phi) is 5.08. The summed E-state index contributed by atoms with van der Waals surface area (Å²) in [5, 5.41) is 7.88. The first kappa shape index (κ1) is 15.5. The monoisotopic (exact) mass is 305 g/mol. The van der Waals surface area contributed by atoms with Crippen molar-refractivity contribution in [2.75, 3.05) is 26.2 Å². The maximum atomic E-state index is 12.3. The largest absolute Gasteiger partial charge is 0.340 e. The lowest BCUT2D eigenvalue weighted by molar-refractivity contribution is -0.133. The van der Waals surface area contributed by atoms with E-state index >= 15 is 0 Å². The Hall–Kier alpha value is -1.43. The molecule has 0 radical (unpaired) electrons. The summed E-state index contributed by atoms with van der Waals surface area (Å²) in [7, 11) is 1.92. The summed E-state index contributed by atoms with van der Waals surface area (Å²) in [5.74, 6) is 1.16. The van der Waals surface area contributed by atoms with Crippen LogP contribution in [-0.2, 0) is 18.4 Å². The molecule has 0 N–H and O–H groups in total. The van der Waals surface area contributed by atoms with Crippen LogP contribution in [0, 0.1) is 5.92 Å². The van der Waals surface area contributed by atoms with Crippen LogP contribution in [0.25, 0.3) is 0 Å². The molecule has 0 aromatic carbocycles. The van der Waals surface area contributed by atoms with Crippen LogP contribution in [0.5, 0.6) is 0 Å². The third-order valence-corrected chi connectivity index (χ3v) is 5.16. The van der Waals surface area contributed by atoms with E-state index in [1.165, 1.54) is 25.7 Å². The Morgan fingerprint density at radius 3 is 2.59 bits per heavy atom. The fraction of sp³-hybridized carbons (Fsp3) is 0.812. The van der Waals surface area contributed by atoms with Crippen molar-refractivity contribution in [1.82, 2.24) is 24.8 Å². The van der Waals surface area contributed by atoms with Gasteiger partial charge in [-0.3, -0.25) is 14.4 Å². The van der Waals surface area contributed by atoms with Gasteiger partial charge in [0.15, 0.2) is 0 Å². The molecule has 1 saturated carbocycles. The number of amides is 1. The second kappa shape index (κ2) is 7.22. The Morgan fingerprint density at radius 1 is 1.23 bits per heavy atom. The molecule has 3 rings (SSSR count). The molecule has 0 bridgehead atoms. The first-order valence-corrected chi connectivity index (χ1v) is 8.56. The third-order valence-electron chi connectivity index (χ3n) is 5.16. The molecule has 1 aromatic heterocycles. The Bertz CT molecular complexity index is 486. The van der Waals surface area contributed by atoms with E-state index in [0.717, 1.165) is 57.2 Å². The molecular weight excluding hydrogens is 278 g/mol. The fourth-order valence-electron chi connectivity index (χ4n) is 3.62. The minimum atomic E-state index is 0.355. The van der Waals surface area contributed by atoms with Gasteiger partial charge in [0.2, 0.25) is 5.91 Å². The number of aryl methyl sites for hydroxylation is 1. The van der Waals surface area contributed by atoms with Gasteiger partial charge in [-0.05, 0) is 12.3 Å². The van der Waals surface area contributed by atoms with E-state index in [0.29, 0.717) is 5.91 Å². The van der Waals surface area contributed by atoms with Gasteiger partial charge < -0.3 is 4.90 Å². The molecule has 2 heterocycles. The van der Waals surface area contributed by atoms with E-state index in [4.69, 9.17) is 0 Å². The zero-order valence-corrected chi connectivity index (χ0v) is 13.6. The number of aromatic nitrogens is 3. The molecule has 22 heavy (non-hydrogen) atoms. The maximum absolute atomic E-state index is 12.3. The van der Waals surface area contributed by atoms with Gasteiger partial charge >= 0.3 is 0 Å². The van der Waals surface area contributed by atoms with Crippen molar-refractivity contribution in [1.29, 1.82) is 0 Å². The lowest BCUT2D eigenvalue weighted by Crippen LogP contribution is -2.48. The molecule has 1 amide bonds. The minimum absolute atomic E-state index is 0.355. The van der Waals surface area contributed by atoms with Crippen molar-refractivity contribution in [2.45, 2.75) is 45.1 Å². The second-order valence-electron chi connectivity index (χ2n) is 6.70. The molecule has 0 spiro atoms. The van der Waals surface area contributed by atoms with Crippen molar-refractivity contribution < 1.29 is 4.79 Å². The molecule has 6 nitrogen and oxygen atoms in total. The molecule has 1 aromatic rings. The van der Waals surface area contributed by atoms with Gasteiger partial charge in [0.05, 0.1) is 11.9 Å². The average molecular weight is 305 g/mol. The Morgan fingerprint density at radius 2 is 1.95 bits per heavy atom. The van der Waals surface area contributed by atoms with Gasteiger partial charge in [-0.1, -0.05) is 30.9 Å². The Labute approximate surface area is 132 Å². The lowest BCUT2D eigenvalue weighted by Gasteiger charge is -2.34. The fourth-order valence-corrected chi connectivity index (χ4v) is 3.62. The average Bonchev–Trinajstić information content (AvgIpc) is 3.18. The van der Waals surface area contributed by atoms with Crippen LogP contribution in [-0.4, -0.2) is 56.9 Å². The van der Waals surface area contributed by atoms with E-state index in [2.05, 4.69) is 15.2 Å². The van der Waals surface area contributed by atoms with Crippen LogP contribution in [0.2, 0.25) is 0 Å². The molecule has 1 aliphatic heterocycles. The zero-order valence-electron chi connectivity index (χ0n) is 13.6. The first-order chi connectivity index (χ1) is 10.7. The molecule has 122 valence electrons. The lowest BCUT2D eigenvalue weighted by atomic mass is 10.0. The highest BCUT2D eigenvalue weighted by molar-refractivity contribution is 5.76. The summed E-state index contributed by atoms with van der Waals surface area (Å²) in [5.41, 5.74) is 1.13. The summed E-state index contributed by atoms with van der Waals surface area (Å²) < 4.78 is 1.82. The maximum Gasteiger partial charge on any atom is 0.222 e. The van der Waals surface area contributed by atoms with E-state index in [1.54, 1.807) is 0 Å². The topological polar surface area (TPSA) is 54.3 Å². The summed E-state index contributed by atoms with van der Waals surface area (Å²) >= 11 is 0. The smallest absolute Gasteiger partial charge is 0.222 e. The quantitative estimate of drug-likeness (QED) is 0.826. The highest BCUT2D eigenvalue weighted by Gasteiger charge is 2.23. The van der Waals surface area contributed by atoms with Gasteiger partial charge in [0, 0.05) is 46.2 Å². The van der Waals surface area contributed by atoms with Crippen LogP contribution in [0.1, 0.15) is 44.2 Å². The van der Waals surface area contributed by atoms with Crippen molar-refractivity contribution in [3.05, 3.63) is 11.9 Å². The summed E-state index contributed by atoms with van der Waals surface area (Å²) in [6.07, 6.45) is 9.05. The minimum Gasteiger partial charge on any atom is -0.340 e. The molecule has 2 aliphatic rings. The summed E-state index contributed by atoms with van der Waals surface area (Å²) in [6, 6.07) is 0. The highest BCUT2D eigenvalue weighted by Crippen LogP contribution is 2.28. The van der Waals surface area contributed by atoms with Crippen molar-refractivity contribution >= 4 is 5.91 Å². The number of nitrogens with zero attached hydrogens (tertiary/aromatic N) is 5. The van der Waals surface area contributed by atoms with Crippen molar-refractivity contribution in [2.24, 2.45) is 13.0 Å². The van der Waals surface area contributed by atoms with Crippen LogP contribution < -0.4 is 0 Å². The number of piperazine rings is 1. The highest BCUT2D eigenvalue weighted by atomic mass is 16.2. The van der Waals surface area contributed by atoms with E-state index in [-0.39, 0.29) is 0 Å². The number of rotatable bonds is 5. The second-order valence-corrected chi connectivity index (χ2v) is 6.70. The molecule has 1 saturated heterocycles. The molecule has 0 atom stereocenters. The number of hydrogen-bond donors (Lipinski definition) is 0. The number of carbonyl (C=O) groups excluding carboxylic acids is 1. The van der Waals surface area contributed by atoms with E-state index in [9.17, 15) is 4.79 Å². The van der Waals surface area contributed by atoms with Gasteiger partial charge in [0.25, 0.3) is 0 Å². The van der Waals surface area contributed by atoms with Crippen molar-refractivity contribution in [3.8, 4) is 0 Å². The van der Waals surface area contributed by atoms with Crippen molar-refractivity contribution in [3.63, 3.8) is 0 Å². The van der Waals surface area contributed by atoms with Crippen LogP contribution in [0.15, 0.2) is 6.20 Å². The Balaban J connectivity index is 1.39. The summed E-state index contributed by atoms with van der Waals surface area (Å²) in [4.78, 5) is 16.7. The number of hydrogen-bond acceptors (Lipinski definition) is 4. The number of carbonyl (C=O) groups is 1. The predicted molar refractivity (Wildman–Crippen MR) is 84.1 cm³/mol. The van der Waals surface area contributed by atoms with Gasteiger partial charge in [0.1, 0.15) is 0 Å². The normalized spacial score (nSPS) is 20.7. The molecule has 0 unspecified atom stereocenters. The van der Waals surface area contributed by atoms with Crippen LogP contribution in [0.4, 0.5) is 0 Å². The van der Waals surface area contributed by atoms with Gasteiger partial charge in [-0.15, -0.1) is 5.10 Å². The molecule has 2 fully saturated rings. The molecule has 6 heteroatoms. The van der Waals surface area contributed by atoms with E-state index < -0.39 is 0 Å². The van der Waals surface area contributed by atoms with Gasteiger partial charge in [-0.25, -0.2) is 0 Å². The molecule has 1 aliphatic carbocycles. The standard InChI is InChI=1S/C16H27N5O/c1-19-15(12-17-18-19)13-20-8-10-21(11-9-20)16(22)7-6-14-4-2-3-5-14/h12,14H,2-11,13H2,1H3. The SMILES string of the molecule is Cn1nncc1CN1CCN(C(=O)CCC2CCCC2)CC1. The van der Waals surface area contributed by atoms with E-state index in [1.807, 2.05) is 22.8 Å². The zero-order chi connectivity index (χ0) is 15.4. The predicted octanol–water partition coefficient (Wildman–Crippen LogP) is 1.43. The first-order valence-electron chi connectivity index (χ1n) is 8.56. The molecular formula is C16H27N5O. The van der Waals surface area contributed by atoms with Gasteiger partial charge in [-0.2, -0.15) is 0 Å². The summed E-state index contributed by atoms with van der Waals surface area (Å²) in [6.45, 7) is 4.47.